The van der Waals surface area contributed by atoms with E-state index >= 15 is 0 Å². The zero-order valence-electron chi connectivity index (χ0n) is 6.28. The van der Waals surface area contributed by atoms with Crippen molar-refractivity contribution in [2.24, 2.45) is 5.92 Å². The van der Waals surface area contributed by atoms with Gasteiger partial charge in [-0.3, -0.25) is 0 Å². The first-order valence-electron chi connectivity index (χ1n) is 3.46. The molecule has 0 aromatic heterocycles. The van der Waals surface area contributed by atoms with Crippen LogP contribution < -0.4 is 0 Å². The molecule has 0 bridgehead atoms. The lowest BCUT2D eigenvalue weighted by atomic mass is 10.0. The molecule has 0 fully saturated rings. The molecule has 54 valence electrons. The SMILES string of the molecule is C=C(C[SiH2]Cl)C(C)CC. The Morgan fingerprint density at radius 3 is 2.67 bits per heavy atom. The minimum absolute atomic E-state index is 0.313. The third kappa shape index (κ3) is 3.76. The van der Waals surface area contributed by atoms with E-state index in [1.54, 1.807) is 0 Å². The number of rotatable bonds is 4. The predicted molar refractivity (Wildman–Crippen MR) is 47.8 cm³/mol. The molecular weight excluding hydrogens is 148 g/mol. The molecule has 0 rings (SSSR count). The summed E-state index contributed by atoms with van der Waals surface area (Å²) in [5.41, 5.74) is 1.35. The first-order chi connectivity index (χ1) is 4.22. The van der Waals surface area contributed by atoms with Crippen LogP contribution in [0.3, 0.4) is 0 Å². The van der Waals surface area contributed by atoms with Crippen LogP contribution in [0, 0.1) is 5.92 Å². The van der Waals surface area contributed by atoms with Gasteiger partial charge in [-0.15, -0.1) is 0 Å². The van der Waals surface area contributed by atoms with Crippen molar-refractivity contribution in [3.8, 4) is 0 Å². The molecule has 0 aliphatic rings. The van der Waals surface area contributed by atoms with E-state index in [2.05, 4.69) is 20.4 Å². The molecule has 2 heteroatoms. The van der Waals surface area contributed by atoms with Gasteiger partial charge in [0, 0.05) is 0 Å². The minimum atomic E-state index is -0.313. The van der Waals surface area contributed by atoms with Crippen molar-refractivity contribution < 1.29 is 0 Å². The fourth-order valence-electron chi connectivity index (χ4n) is 0.656. The molecule has 0 spiro atoms. The first-order valence-corrected chi connectivity index (χ1v) is 6.59. The van der Waals surface area contributed by atoms with Crippen LogP contribution in [0.25, 0.3) is 0 Å². The monoisotopic (exact) mass is 162 g/mol. The summed E-state index contributed by atoms with van der Waals surface area (Å²) >= 11 is 5.68. The summed E-state index contributed by atoms with van der Waals surface area (Å²) in [6.07, 6.45) is 1.20. The Morgan fingerprint density at radius 2 is 2.33 bits per heavy atom. The molecule has 1 unspecified atom stereocenters. The topological polar surface area (TPSA) is 0 Å². The highest BCUT2D eigenvalue weighted by molar-refractivity contribution is 6.93. The zero-order chi connectivity index (χ0) is 7.28. The molecule has 0 N–H and O–H groups in total. The minimum Gasteiger partial charge on any atom is -0.176 e. The van der Waals surface area contributed by atoms with Gasteiger partial charge in [0.2, 0.25) is 0 Å². The number of hydrogen-bond acceptors (Lipinski definition) is 0. The summed E-state index contributed by atoms with van der Waals surface area (Å²) in [4.78, 5) is 0. The van der Waals surface area contributed by atoms with Gasteiger partial charge in [0.25, 0.3) is 0 Å². The second-order valence-corrected chi connectivity index (χ2v) is 4.42. The van der Waals surface area contributed by atoms with E-state index in [0.717, 1.165) is 6.04 Å². The van der Waals surface area contributed by atoms with Crippen molar-refractivity contribution in [1.29, 1.82) is 0 Å². The Morgan fingerprint density at radius 1 is 1.78 bits per heavy atom. The number of allylic oxidation sites excluding steroid dienone is 1. The van der Waals surface area contributed by atoms with Gasteiger partial charge in [-0.2, -0.15) is 11.1 Å². The van der Waals surface area contributed by atoms with E-state index in [4.69, 9.17) is 11.1 Å². The highest BCUT2D eigenvalue weighted by Gasteiger charge is 2.01. The van der Waals surface area contributed by atoms with Crippen molar-refractivity contribution in [2.45, 2.75) is 26.3 Å². The van der Waals surface area contributed by atoms with E-state index in [1.165, 1.54) is 12.0 Å². The molecule has 0 amide bonds. The smallest absolute Gasteiger partial charge is 0.129 e. The lowest BCUT2D eigenvalue weighted by Gasteiger charge is -2.09. The molecular formula is C7H15ClSi. The fraction of sp³-hybridized carbons (Fsp3) is 0.714. The maximum absolute atomic E-state index is 5.68. The maximum atomic E-state index is 5.68. The zero-order valence-corrected chi connectivity index (χ0v) is 8.45. The Balaban J connectivity index is 3.46. The molecule has 0 aliphatic heterocycles. The van der Waals surface area contributed by atoms with Crippen LogP contribution in [0.2, 0.25) is 6.04 Å². The van der Waals surface area contributed by atoms with Crippen LogP contribution in [0.1, 0.15) is 20.3 Å². The van der Waals surface area contributed by atoms with Crippen LogP contribution >= 0.6 is 11.1 Å². The van der Waals surface area contributed by atoms with Crippen LogP contribution in [-0.4, -0.2) is 8.83 Å². The van der Waals surface area contributed by atoms with E-state index in [9.17, 15) is 0 Å². The first kappa shape index (κ1) is 9.25. The Bertz CT molecular complexity index is 90.9. The second-order valence-electron chi connectivity index (χ2n) is 2.41. The van der Waals surface area contributed by atoms with E-state index in [-0.39, 0.29) is 8.83 Å². The number of hydrogen-bond donors (Lipinski definition) is 0. The molecule has 0 aromatic carbocycles. The van der Waals surface area contributed by atoms with Crippen LogP contribution in [0.15, 0.2) is 12.2 Å². The quantitative estimate of drug-likeness (QED) is 0.338. The third-order valence-corrected chi connectivity index (χ3v) is 3.12. The Labute approximate surface area is 64.8 Å². The normalized spacial score (nSPS) is 14.6. The second kappa shape index (κ2) is 5.07. The van der Waals surface area contributed by atoms with Gasteiger partial charge < -0.3 is 0 Å². The largest absolute Gasteiger partial charge is 0.176 e. The van der Waals surface area contributed by atoms with Gasteiger partial charge in [-0.05, 0) is 18.4 Å². The molecule has 0 radical (unpaired) electrons. The highest BCUT2D eigenvalue weighted by atomic mass is 35.6. The molecule has 0 saturated carbocycles. The van der Waals surface area contributed by atoms with Gasteiger partial charge in [-0.25, -0.2) is 0 Å². The van der Waals surface area contributed by atoms with Crippen molar-refractivity contribution in [3.05, 3.63) is 12.2 Å². The summed E-state index contributed by atoms with van der Waals surface area (Å²) in [7, 11) is -0.313. The van der Waals surface area contributed by atoms with Crippen molar-refractivity contribution >= 4 is 19.9 Å². The van der Waals surface area contributed by atoms with Gasteiger partial charge in [0.05, 0.1) is 0 Å². The van der Waals surface area contributed by atoms with Crippen LogP contribution in [0.5, 0.6) is 0 Å². The van der Waals surface area contributed by atoms with Gasteiger partial charge in [0.1, 0.15) is 8.83 Å². The lowest BCUT2D eigenvalue weighted by Crippen LogP contribution is -1.96. The maximum Gasteiger partial charge on any atom is 0.129 e. The lowest BCUT2D eigenvalue weighted by molar-refractivity contribution is 0.658. The standard InChI is InChI=1S/C7H15ClSi/c1-4-6(2)7(3)5-9-8/h6H,3-5,9H2,1-2H3. The van der Waals surface area contributed by atoms with E-state index in [0.29, 0.717) is 5.92 Å². The summed E-state index contributed by atoms with van der Waals surface area (Å²) in [5, 5.41) is 0. The average Bonchev–Trinajstić information content (AvgIpc) is 1.87. The summed E-state index contributed by atoms with van der Waals surface area (Å²) in [6, 6.07) is 1.11. The molecule has 9 heavy (non-hydrogen) atoms. The summed E-state index contributed by atoms with van der Waals surface area (Å²) in [5.74, 6) is 0.677. The molecule has 0 saturated heterocycles. The fourth-order valence-corrected chi connectivity index (χ4v) is 2.12. The molecule has 0 nitrogen and oxygen atoms in total. The Kier molecular flexibility index (Phi) is 5.20. The van der Waals surface area contributed by atoms with Crippen molar-refractivity contribution in [2.75, 3.05) is 0 Å². The average molecular weight is 163 g/mol. The molecule has 0 aromatic rings. The summed E-state index contributed by atoms with van der Waals surface area (Å²) in [6.45, 7) is 8.36. The predicted octanol–water partition coefficient (Wildman–Crippen LogP) is 2.33. The molecule has 1 atom stereocenters. The highest BCUT2D eigenvalue weighted by Crippen LogP contribution is 2.15. The molecule has 0 heterocycles. The number of halogens is 1. The van der Waals surface area contributed by atoms with Gasteiger partial charge >= 0.3 is 0 Å². The van der Waals surface area contributed by atoms with E-state index in [1.807, 2.05) is 0 Å². The third-order valence-electron chi connectivity index (χ3n) is 1.72. The Hall–Kier alpha value is 0.247. The van der Waals surface area contributed by atoms with Gasteiger partial charge in [-0.1, -0.05) is 26.0 Å². The van der Waals surface area contributed by atoms with Gasteiger partial charge in [0.15, 0.2) is 0 Å². The summed E-state index contributed by atoms with van der Waals surface area (Å²) < 4.78 is 0. The van der Waals surface area contributed by atoms with Crippen molar-refractivity contribution in [3.63, 3.8) is 0 Å². The van der Waals surface area contributed by atoms with Crippen LogP contribution in [0.4, 0.5) is 0 Å². The van der Waals surface area contributed by atoms with Crippen LogP contribution in [-0.2, 0) is 0 Å². The van der Waals surface area contributed by atoms with Crippen molar-refractivity contribution in [1.82, 2.24) is 0 Å². The van der Waals surface area contributed by atoms with E-state index < -0.39 is 0 Å². The molecule has 0 aliphatic carbocycles.